The molecule has 1 aromatic rings. The summed E-state index contributed by atoms with van der Waals surface area (Å²) in [6.45, 7) is 9.38. The van der Waals surface area contributed by atoms with Gasteiger partial charge in [0.05, 0.1) is 17.7 Å². The van der Waals surface area contributed by atoms with Crippen molar-refractivity contribution in [3.05, 3.63) is 35.4 Å². The molecule has 1 saturated carbocycles. The lowest BCUT2D eigenvalue weighted by Gasteiger charge is -2.36. The molecule has 0 atom stereocenters. The highest BCUT2D eigenvalue weighted by molar-refractivity contribution is 5.93. The number of carbonyl (C=O) groups is 2. The van der Waals surface area contributed by atoms with Crippen molar-refractivity contribution in [2.24, 2.45) is 11.3 Å². The second-order valence-electron chi connectivity index (χ2n) is 8.67. The van der Waals surface area contributed by atoms with Crippen LogP contribution in [0.4, 0.5) is 0 Å². The fraction of sp³-hybridized carbons (Fsp3) is 0.652. The molecule has 1 aromatic carbocycles. The first-order valence-corrected chi connectivity index (χ1v) is 10.3. The summed E-state index contributed by atoms with van der Waals surface area (Å²) in [5, 5.41) is 0. The van der Waals surface area contributed by atoms with Crippen molar-refractivity contribution in [3.8, 4) is 0 Å². The fourth-order valence-corrected chi connectivity index (χ4v) is 3.61. The number of unbranched alkanes of at least 4 members (excludes halogenated alkanes) is 2. The van der Waals surface area contributed by atoms with E-state index in [2.05, 4.69) is 27.7 Å². The van der Waals surface area contributed by atoms with Gasteiger partial charge in [-0.05, 0) is 67.7 Å². The highest BCUT2D eigenvalue weighted by Crippen LogP contribution is 2.38. The van der Waals surface area contributed by atoms with Crippen LogP contribution in [-0.2, 0) is 9.47 Å². The molecule has 0 unspecified atom stereocenters. The predicted octanol–water partition coefficient (Wildman–Crippen LogP) is 5.80. The molecule has 1 aliphatic rings. The number of rotatable bonds is 7. The second-order valence-corrected chi connectivity index (χ2v) is 8.67. The smallest absolute Gasteiger partial charge is 0.338 e. The Balaban J connectivity index is 1.81. The Morgan fingerprint density at radius 2 is 1.48 bits per heavy atom. The van der Waals surface area contributed by atoms with Gasteiger partial charge < -0.3 is 9.47 Å². The van der Waals surface area contributed by atoms with Crippen molar-refractivity contribution in [3.63, 3.8) is 0 Å². The third kappa shape index (κ3) is 6.67. The molecular weight excluding hydrogens is 340 g/mol. The molecule has 0 N–H and O–H groups in total. The van der Waals surface area contributed by atoms with Gasteiger partial charge in [-0.1, -0.05) is 40.5 Å². The molecule has 0 heterocycles. The highest BCUT2D eigenvalue weighted by atomic mass is 16.5. The van der Waals surface area contributed by atoms with E-state index in [1.807, 2.05) is 0 Å². The number of esters is 2. The number of ether oxygens (including phenoxy) is 2. The Morgan fingerprint density at radius 3 is 2.00 bits per heavy atom. The molecule has 0 aromatic heterocycles. The Hall–Kier alpha value is -1.84. The zero-order valence-electron chi connectivity index (χ0n) is 17.3. The number of carbonyl (C=O) groups excluding carboxylic acids is 2. The van der Waals surface area contributed by atoms with Crippen LogP contribution in [0, 0.1) is 11.3 Å². The van der Waals surface area contributed by atoms with E-state index in [4.69, 9.17) is 9.47 Å². The molecule has 2 rings (SSSR count). The predicted molar refractivity (Wildman–Crippen MR) is 107 cm³/mol. The van der Waals surface area contributed by atoms with E-state index in [1.54, 1.807) is 24.3 Å². The maximum Gasteiger partial charge on any atom is 0.338 e. The third-order valence-electron chi connectivity index (χ3n) is 5.51. The first-order valence-electron chi connectivity index (χ1n) is 10.3. The molecule has 0 aliphatic heterocycles. The molecule has 0 spiro atoms. The summed E-state index contributed by atoms with van der Waals surface area (Å²) in [7, 11) is 0. The maximum atomic E-state index is 12.4. The van der Waals surface area contributed by atoms with Gasteiger partial charge in [0.1, 0.15) is 6.10 Å². The summed E-state index contributed by atoms with van der Waals surface area (Å²) < 4.78 is 10.9. The molecule has 0 saturated heterocycles. The summed E-state index contributed by atoms with van der Waals surface area (Å²) in [4.78, 5) is 24.4. The van der Waals surface area contributed by atoms with Crippen molar-refractivity contribution >= 4 is 11.9 Å². The van der Waals surface area contributed by atoms with Crippen LogP contribution in [0.2, 0.25) is 0 Å². The van der Waals surface area contributed by atoms with Crippen molar-refractivity contribution in [1.29, 1.82) is 0 Å². The van der Waals surface area contributed by atoms with E-state index in [9.17, 15) is 9.59 Å². The van der Waals surface area contributed by atoms with E-state index < -0.39 is 0 Å². The van der Waals surface area contributed by atoms with Crippen LogP contribution in [-0.4, -0.2) is 24.6 Å². The molecule has 1 fully saturated rings. The molecular formula is C23H34O4. The van der Waals surface area contributed by atoms with Gasteiger partial charge in [-0.3, -0.25) is 0 Å². The van der Waals surface area contributed by atoms with Crippen LogP contribution >= 0.6 is 0 Å². The normalized spacial score (nSPS) is 20.1. The molecule has 27 heavy (non-hydrogen) atoms. The van der Waals surface area contributed by atoms with Crippen LogP contribution in [0.3, 0.4) is 0 Å². The van der Waals surface area contributed by atoms with Gasteiger partial charge in [-0.15, -0.1) is 0 Å². The topological polar surface area (TPSA) is 52.6 Å². The minimum absolute atomic E-state index is 0.000641. The van der Waals surface area contributed by atoms with Gasteiger partial charge in [0.2, 0.25) is 0 Å². The lowest BCUT2D eigenvalue weighted by atomic mass is 9.72. The molecule has 4 heteroatoms. The van der Waals surface area contributed by atoms with Gasteiger partial charge in [-0.25, -0.2) is 9.59 Å². The average Bonchev–Trinajstić information content (AvgIpc) is 2.65. The second kappa shape index (κ2) is 9.91. The Bertz CT molecular complexity index is 604. The van der Waals surface area contributed by atoms with Crippen LogP contribution < -0.4 is 0 Å². The summed E-state index contributed by atoms with van der Waals surface area (Å²) in [6, 6.07) is 6.56. The Morgan fingerprint density at radius 1 is 0.926 bits per heavy atom. The monoisotopic (exact) mass is 374 g/mol. The Kier molecular flexibility index (Phi) is 7.88. The largest absolute Gasteiger partial charge is 0.462 e. The van der Waals surface area contributed by atoms with E-state index >= 15 is 0 Å². The fourth-order valence-electron chi connectivity index (χ4n) is 3.61. The van der Waals surface area contributed by atoms with E-state index in [1.165, 1.54) is 0 Å². The van der Waals surface area contributed by atoms with E-state index in [0.717, 1.165) is 44.9 Å². The SMILES string of the molecule is CCCCCOC(=O)c1ccc(C(=O)OC2CCC(C(C)(C)C)CC2)cc1. The number of benzene rings is 1. The lowest BCUT2D eigenvalue weighted by molar-refractivity contribution is 0.00925. The molecule has 4 nitrogen and oxygen atoms in total. The summed E-state index contributed by atoms with van der Waals surface area (Å²) in [6.07, 6.45) is 7.08. The van der Waals surface area contributed by atoms with Gasteiger partial charge >= 0.3 is 11.9 Å². The first kappa shape index (κ1) is 21.5. The molecule has 0 bridgehead atoms. The zero-order valence-corrected chi connectivity index (χ0v) is 17.3. The van der Waals surface area contributed by atoms with Crippen LogP contribution in [0.1, 0.15) is 93.4 Å². The van der Waals surface area contributed by atoms with Crippen molar-refractivity contribution in [2.45, 2.75) is 78.7 Å². The van der Waals surface area contributed by atoms with Gasteiger partial charge in [0, 0.05) is 0 Å². The van der Waals surface area contributed by atoms with Gasteiger partial charge in [-0.2, -0.15) is 0 Å². The standard InChI is InChI=1S/C23H34O4/c1-5-6-7-16-26-21(24)17-8-10-18(11-9-17)22(25)27-20-14-12-19(13-15-20)23(2,3)4/h8-11,19-20H,5-7,12-16H2,1-4H3. The van der Waals surface area contributed by atoms with Crippen molar-refractivity contribution in [2.75, 3.05) is 6.61 Å². The maximum absolute atomic E-state index is 12.4. The number of hydrogen-bond donors (Lipinski definition) is 0. The Labute approximate surface area is 163 Å². The van der Waals surface area contributed by atoms with Crippen LogP contribution in [0.25, 0.3) is 0 Å². The summed E-state index contributed by atoms with van der Waals surface area (Å²) in [5.74, 6) is 0.0404. The first-order chi connectivity index (χ1) is 12.8. The third-order valence-corrected chi connectivity index (χ3v) is 5.51. The van der Waals surface area contributed by atoms with Crippen molar-refractivity contribution < 1.29 is 19.1 Å². The number of hydrogen-bond acceptors (Lipinski definition) is 4. The lowest BCUT2D eigenvalue weighted by Crippen LogP contribution is -2.30. The van der Waals surface area contributed by atoms with Gasteiger partial charge in [0.15, 0.2) is 0 Å². The highest BCUT2D eigenvalue weighted by Gasteiger charge is 2.31. The van der Waals surface area contributed by atoms with E-state index in [-0.39, 0.29) is 18.0 Å². The van der Waals surface area contributed by atoms with Gasteiger partial charge in [0.25, 0.3) is 0 Å². The summed E-state index contributed by atoms with van der Waals surface area (Å²) >= 11 is 0. The van der Waals surface area contributed by atoms with Crippen molar-refractivity contribution in [1.82, 2.24) is 0 Å². The summed E-state index contributed by atoms with van der Waals surface area (Å²) in [5.41, 5.74) is 1.26. The minimum Gasteiger partial charge on any atom is -0.462 e. The minimum atomic E-state index is -0.341. The van der Waals surface area contributed by atoms with Crippen LogP contribution in [0.15, 0.2) is 24.3 Å². The van der Waals surface area contributed by atoms with E-state index in [0.29, 0.717) is 29.1 Å². The zero-order chi connectivity index (χ0) is 19.9. The molecule has 150 valence electrons. The molecule has 0 radical (unpaired) electrons. The average molecular weight is 375 g/mol. The van der Waals surface area contributed by atoms with Crippen LogP contribution in [0.5, 0.6) is 0 Å². The molecule has 1 aliphatic carbocycles. The molecule has 0 amide bonds. The quantitative estimate of drug-likeness (QED) is 0.447.